The Hall–Kier alpha value is -9.96. The molecule has 2 aromatic heterocycles. The summed E-state index contributed by atoms with van der Waals surface area (Å²) in [5, 5.41) is 0. The Morgan fingerprint density at radius 1 is 0.289 bits per heavy atom. The SMILES string of the molecule is CC1(C)c2c#cccc2C2(c3ccc(-c4nc(-c5ccccc5)nc(-c5ccccc5-c5ccccc5)n4)cc3-c3c(-c4nc(-c5ccccc5)nc(-c5ccc(-c6ccccc6)cc5)n4)cccc32)c2ccccc21. The van der Waals surface area contributed by atoms with Gasteiger partial charge in [-0.3, -0.25) is 0 Å². The first-order valence-corrected chi connectivity index (χ1v) is 25.7. The van der Waals surface area contributed by atoms with Crippen molar-refractivity contribution < 1.29 is 0 Å². The van der Waals surface area contributed by atoms with Crippen LogP contribution in [0.5, 0.6) is 0 Å². The third-order valence-electron chi connectivity index (χ3n) is 15.3. The molecule has 356 valence electrons. The monoisotopic (exact) mass is 970 g/mol. The van der Waals surface area contributed by atoms with Crippen molar-refractivity contribution in [2.75, 3.05) is 0 Å². The molecule has 0 bridgehead atoms. The van der Waals surface area contributed by atoms with Gasteiger partial charge in [0.2, 0.25) is 0 Å². The average Bonchev–Trinajstić information content (AvgIpc) is 3.80. The van der Waals surface area contributed by atoms with Crippen LogP contribution in [0, 0.1) is 12.1 Å². The topological polar surface area (TPSA) is 77.3 Å². The summed E-state index contributed by atoms with van der Waals surface area (Å²) in [6.45, 7) is 4.61. The highest BCUT2D eigenvalue weighted by atomic mass is 15.0. The molecule has 2 aliphatic rings. The fourth-order valence-electron chi connectivity index (χ4n) is 11.8. The van der Waals surface area contributed by atoms with Crippen LogP contribution in [0.3, 0.4) is 0 Å². The molecule has 0 amide bonds. The van der Waals surface area contributed by atoms with E-state index < -0.39 is 5.41 Å². The third kappa shape index (κ3) is 7.20. The van der Waals surface area contributed by atoms with Crippen LogP contribution in [0.15, 0.2) is 243 Å². The Morgan fingerprint density at radius 3 is 1.36 bits per heavy atom. The minimum Gasteiger partial charge on any atom is -0.208 e. The summed E-state index contributed by atoms with van der Waals surface area (Å²) in [5.41, 5.74) is 17.8. The summed E-state index contributed by atoms with van der Waals surface area (Å²) >= 11 is 0. The molecule has 76 heavy (non-hydrogen) atoms. The number of fused-ring (bicyclic) bond motifs is 9. The molecular weight excluding hydrogens is 925 g/mol. The molecule has 0 aliphatic heterocycles. The smallest absolute Gasteiger partial charge is 0.164 e. The van der Waals surface area contributed by atoms with Crippen LogP contribution in [0.2, 0.25) is 0 Å². The lowest BCUT2D eigenvalue weighted by molar-refractivity contribution is 0.564. The predicted octanol–water partition coefficient (Wildman–Crippen LogP) is 16.0. The quantitative estimate of drug-likeness (QED) is 0.151. The molecule has 1 unspecified atom stereocenters. The minimum absolute atomic E-state index is 0.357. The number of rotatable bonds is 8. The van der Waals surface area contributed by atoms with Gasteiger partial charge in [0, 0.05) is 44.4 Å². The Morgan fingerprint density at radius 2 is 0.724 bits per heavy atom. The van der Waals surface area contributed by atoms with Gasteiger partial charge in [-0.1, -0.05) is 250 Å². The normalized spacial score (nSPS) is 13.2. The van der Waals surface area contributed by atoms with Crippen LogP contribution in [-0.2, 0) is 10.8 Å². The molecule has 0 saturated heterocycles. The van der Waals surface area contributed by atoms with E-state index in [2.05, 4.69) is 208 Å². The van der Waals surface area contributed by atoms with Crippen molar-refractivity contribution in [3.8, 4) is 102 Å². The van der Waals surface area contributed by atoms with Gasteiger partial charge in [-0.25, -0.2) is 29.9 Å². The fraction of sp³-hybridized carbons (Fsp3) is 0.0571. The van der Waals surface area contributed by atoms with Crippen molar-refractivity contribution in [1.29, 1.82) is 0 Å². The molecule has 2 heterocycles. The van der Waals surface area contributed by atoms with E-state index >= 15 is 0 Å². The summed E-state index contributed by atoms with van der Waals surface area (Å²) in [7, 11) is 0. The van der Waals surface area contributed by atoms with Gasteiger partial charge >= 0.3 is 0 Å². The zero-order valence-corrected chi connectivity index (χ0v) is 41.8. The summed E-state index contributed by atoms with van der Waals surface area (Å²) in [6, 6.07) is 91.7. The van der Waals surface area contributed by atoms with Crippen LogP contribution in [0.1, 0.15) is 47.2 Å². The number of hydrogen-bond donors (Lipinski definition) is 0. The molecule has 6 heteroatoms. The second kappa shape index (κ2) is 17.9. The maximum atomic E-state index is 5.44. The molecule has 0 N–H and O–H groups in total. The van der Waals surface area contributed by atoms with Crippen molar-refractivity contribution >= 4 is 0 Å². The molecule has 1 atom stereocenters. The van der Waals surface area contributed by atoms with Gasteiger partial charge in [-0.2, -0.15) is 0 Å². The lowest BCUT2D eigenvalue weighted by atomic mass is 9.56. The van der Waals surface area contributed by atoms with Crippen LogP contribution in [-0.4, -0.2) is 29.9 Å². The number of hydrogen-bond acceptors (Lipinski definition) is 6. The van der Waals surface area contributed by atoms with E-state index in [9.17, 15) is 0 Å². The Bertz CT molecular complexity index is 4130. The molecule has 2 aliphatic carbocycles. The first kappa shape index (κ1) is 44.7. The predicted molar refractivity (Wildman–Crippen MR) is 304 cm³/mol. The molecule has 12 aromatic rings. The van der Waals surface area contributed by atoms with E-state index in [1.165, 1.54) is 16.7 Å². The molecule has 6 nitrogen and oxygen atoms in total. The van der Waals surface area contributed by atoms with Gasteiger partial charge in [0.15, 0.2) is 34.9 Å². The molecule has 0 fully saturated rings. The Kier molecular flexibility index (Phi) is 10.5. The lowest BCUT2D eigenvalue weighted by Crippen LogP contribution is -2.40. The Labute approximate surface area is 442 Å². The average molecular weight is 971 g/mol. The number of aromatic nitrogens is 6. The second-order valence-corrected chi connectivity index (χ2v) is 20.0. The fourth-order valence-corrected chi connectivity index (χ4v) is 11.8. The van der Waals surface area contributed by atoms with E-state index in [-0.39, 0.29) is 5.41 Å². The van der Waals surface area contributed by atoms with Gasteiger partial charge in [0.1, 0.15) is 0 Å². The van der Waals surface area contributed by atoms with Gasteiger partial charge in [0.25, 0.3) is 0 Å². The van der Waals surface area contributed by atoms with E-state index in [1.54, 1.807) is 0 Å². The van der Waals surface area contributed by atoms with Crippen molar-refractivity contribution in [3.05, 3.63) is 288 Å². The molecule has 0 saturated carbocycles. The first-order chi connectivity index (χ1) is 37.4. The maximum Gasteiger partial charge on any atom is 0.164 e. The standard InChI is InChI=1S/C70H46N6/c1-69(2)57-33-17-19-35-59(57)70(60-36-20-18-34-58(60)69)56-43-42-51(66-72-64(49-28-13-6-14-29-49)73-67(76-66)53-31-16-15-30-52(53)47-24-9-4-10-25-47)44-55(56)62-54(32-21-37-61(62)70)68-74-63(48-26-11-5-12-27-48)71-65(75-68)50-40-38-46(39-41-50)45-22-7-3-8-23-45/h3-17,19-33,35-44H,1-2H3. The summed E-state index contributed by atoms with van der Waals surface area (Å²) in [4.78, 5) is 31.9. The lowest BCUT2D eigenvalue weighted by Gasteiger charge is -2.45. The van der Waals surface area contributed by atoms with Crippen molar-refractivity contribution in [1.82, 2.24) is 29.9 Å². The van der Waals surface area contributed by atoms with Crippen molar-refractivity contribution in [2.45, 2.75) is 24.7 Å². The van der Waals surface area contributed by atoms with Crippen LogP contribution in [0.4, 0.5) is 0 Å². The van der Waals surface area contributed by atoms with Crippen molar-refractivity contribution in [2.24, 2.45) is 0 Å². The van der Waals surface area contributed by atoms with E-state index in [0.29, 0.717) is 34.9 Å². The highest BCUT2D eigenvalue weighted by Gasteiger charge is 2.54. The summed E-state index contributed by atoms with van der Waals surface area (Å²) in [5.74, 6) is 3.50. The highest BCUT2D eigenvalue weighted by Crippen LogP contribution is 2.63. The van der Waals surface area contributed by atoms with Gasteiger partial charge in [0.05, 0.1) is 5.41 Å². The molecule has 1 spiro atoms. The van der Waals surface area contributed by atoms with Crippen LogP contribution < -0.4 is 0 Å². The number of benzene rings is 9. The van der Waals surface area contributed by atoms with Crippen LogP contribution in [0.25, 0.3) is 102 Å². The first-order valence-electron chi connectivity index (χ1n) is 25.7. The molecule has 14 rings (SSSR count). The molecule has 0 radical (unpaired) electrons. The molecule has 10 aromatic carbocycles. The van der Waals surface area contributed by atoms with E-state index in [1.807, 2.05) is 60.7 Å². The second-order valence-electron chi connectivity index (χ2n) is 20.0. The van der Waals surface area contributed by atoms with Crippen molar-refractivity contribution in [3.63, 3.8) is 0 Å². The third-order valence-corrected chi connectivity index (χ3v) is 15.3. The van der Waals surface area contributed by atoms with E-state index in [4.69, 9.17) is 29.9 Å². The van der Waals surface area contributed by atoms with Crippen LogP contribution >= 0.6 is 0 Å². The summed E-state index contributed by atoms with van der Waals surface area (Å²) in [6.07, 6.45) is 0. The van der Waals surface area contributed by atoms with Gasteiger partial charge < -0.3 is 0 Å². The zero-order valence-electron chi connectivity index (χ0n) is 41.8. The van der Waals surface area contributed by atoms with E-state index in [0.717, 1.165) is 83.5 Å². The Balaban J connectivity index is 1.03. The van der Waals surface area contributed by atoms with Gasteiger partial charge in [-0.15, -0.1) is 0 Å². The summed E-state index contributed by atoms with van der Waals surface area (Å²) < 4.78 is 0. The number of nitrogens with zero attached hydrogens (tertiary/aromatic N) is 6. The highest BCUT2D eigenvalue weighted by molar-refractivity contribution is 5.97. The largest absolute Gasteiger partial charge is 0.208 e. The van der Waals surface area contributed by atoms with Gasteiger partial charge in [-0.05, 0) is 79.4 Å². The maximum absolute atomic E-state index is 5.44. The zero-order chi connectivity index (χ0) is 50.8. The molecular formula is C70H46N6. The minimum atomic E-state index is -0.744.